The zero-order valence-electron chi connectivity index (χ0n) is 16.4. The van der Waals surface area contributed by atoms with Crippen molar-refractivity contribution in [1.29, 1.82) is 0 Å². The number of ether oxygens (including phenoxy) is 3. The van der Waals surface area contributed by atoms with E-state index in [4.69, 9.17) is 14.2 Å². The monoisotopic (exact) mass is 384 g/mol. The molecular weight excluding hydrogens is 360 g/mol. The highest BCUT2D eigenvalue weighted by Crippen LogP contribution is 2.34. The van der Waals surface area contributed by atoms with Gasteiger partial charge in [0.05, 0.1) is 37.7 Å². The molecule has 2 aromatic rings. The first-order chi connectivity index (χ1) is 13.4. The van der Waals surface area contributed by atoms with Crippen LogP contribution in [-0.2, 0) is 9.53 Å². The summed E-state index contributed by atoms with van der Waals surface area (Å²) in [5.41, 5.74) is 1.23. The van der Waals surface area contributed by atoms with Crippen molar-refractivity contribution < 1.29 is 23.8 Å². The quantitative estimate of drug-likeness (QED) is 0.772. The van der Waals surface area contributed by atoms with Crippen LogP contribution in [0, 0.1) is 0 Å². The molecule has 7 heteroatoms. The third-order valence-electron chi connectivity index (χ3n) is 4.56. The van der Waals surface area contributed by atoms with Crippen LogP contribution in [0.25, 0.3) is 0 Å². The average molecular weight is 384 g/mol. The van der Waals surface area contributed by atoms with Gasteiger partial charge < -0.3 is 24.4 Å². The van der Waals surface area contributed by atoms with Gasteiger partial charge in [-0.15, -0.1) is 0 Å². The van der Waals surface area contributed by atoms with Crippen LogP contribution in [0.15, 0.2) is 42.5 Å². The molecule has 0 saturated carbocycles. The number of hydrogen-bond acceptors (Lipinski definition) is 6. The van der Waals surface area contributed by atoms with Crippen molar-refractivity contribution in [3.05, 3.63) is 48.0 Å². The average Bonchev–Trinajstić information content (AvgIpc) is 2.69. The van der Waals surface area contributed by atoms with Gasteiger partial charge in [-0.05, 0) is 38.1 Å². The lowest BCUT2D eigenvalue weighted by molar-refractivity contribution is -0.122. The molecule has 2 aromatic carbocycles. The Balaban J connectivity index is 1.71. The number of benzene rings is 2. The number of carbonyl (C=O) groups is 2. The number of hydrogen-bond donors (Lipinski definition) is 1. The molecule has 0 bridgehead atoms. The Morgan fingerprint density at radius 3 is 2.36 bits per heavy atom. The molecule has 0 radical (unpaired) electrons. The van der Waals surface area contributed by atoms with E-state index < -0.39 is 11.5 Å². The van der Waals surface area contributed by atoms with E-state index in [9.17, 15) is 9.59 Å². The zero-order valence-corrected chi connectivity index (χ0v) is 16.4. The Morgan fingerprint density at radius 1 is 1.07 bits per heavy atom. The van der Waals surface area contributed by atoms with E-state index in [1.165, 1.54) is 14.2 Å². The molecule has 0 atom stereocenters. The van der Waals surface area contributed by atoms with Crippen molar-refractivity contribution in [2.75, 3.05) is 37.6 Å². The lowest BCUT2D eigenvalue weighted by Crippen LogP contribution is -2.54. The number of nitrogens with one attached hydrogen (secondary N) is 1. The number of para-hydroxylation sites is 2. The normalized spacial score (nSPS) is 14.7. The van der Waals surface area contributed by atoms with E-state index in [0.29, 0.717) is 17.1 Å². The van der Waals surface area contributed by atoms with Gasteiger partial charge in [-0.1, -0.05) is 12.1 Å². The van der Waals surface area contributed by atoms with Crippen molar-refractivity contribution in [1.82, 2.24) is 0 Å². The number of anilines is 2. The molecule has 1 heterocycles. The van der Waals surface area contributed by atoms with E-state index in [1.54, 1.807) is 23.1 Å². The van der Waals surface area contributed by atoms with Gasteiger partial charge in [0.2, 0.25) is 0 Å². The van der Waals surface area contributed by atoms with Gasteiger partial charge in [0.1, 0.15) is 23.6 Å². The summed E-state index contributed by atoms with van der Waals surface area (Å²) in [5, 5.41) is 3.24. The largest absolute Gasteiger partial charge is 0.497 e. The Bertz CT molecular complexity index is 872. The summed E-state index contributed by atoms with van der Waals surface area (Å²) in [4.78, 5) is 26.9. The molecule has 0 fully saturated rings. The highest BCUT2D eigenvalue weighted by molar-refractivity contribution is 6.07. The molecule has 1 amide bonds. The van der Waals surface area contributed by atoms with Crippen LogP contribution in [0.1, 0.15) is 24.2 Å². The van der Waals surface area contributed by atoms with Crippen molar-refractivity contribution in [2.24, 2.45) is 0 Å². The van der Waals surface area contributed by atoms with Crippen molar-refractivity contribution >= 4 is 23.3 Å². The molecule has 0 spiro atoms. The second-order valence-electron chi connectivity index (χ2n) is 6.96. The summed E-state index contributed by atoms with van der Waals surface area (Å²) in [6.07, 6.45) is 0. The second kappa shape index (κ2) is 7.80. The summed E-state index contributed by atoms with van der Waals surface area (Å²) >= 11 is 0. The Hall–Kier alpha value is -3.22. The smallest absolute Gasteiger partial charge is 0.338 e. The molecule has 148 valence electrons. The first-order valence-electron chi connectivity index (χ1n) is 8.95. The molecule has 1 aliphatic rings. The van der Waals surface area contributed by atoms with Crippen molar-refractivity contribution in [2.45, 2.75) is 19.4 Å². The first kappa shape index (κ1) is 19.5. The van der Waals surface area contributed by atoms with Gasteiger partial charge in [-0.3, -0.25) is 4.79 Å². The second-order valence-corrected chi connectivity index (χ2v) is 6.96. The minimum atomic E-state index is -0.738. The maximum Gasteiger partial charge on any atom is 0.338 e. The van der Waals surface area contributed by atoms with Crippen LogP contribution >= 0.6 is 0 Å². The topological polar surface area (TPSA) is 77.1 Å². The summed E-state index contributed by atoms with van der Waals surface area (Å²) in [7, 11) is 3.03. The van der Waals surface area contributed by atoms with Crippen LogP contribution in [0.5, 0.6) is 11.5 Å². The molecule has 0 aliphatic carbocycles. The molecule has 7 nitrogen and oxygen atoms in total. The molecule has 0 saturated heterocycles. The Kier molecular flexibility index (Phi) is 5.44. The highest BCUT2D eigenvalue weighted by atomic mass is 16.5. The number of esters is 1. The van der Waals surface area contributed by atoms with Crippen LogP contribution in [0.4, 0.5) is 11.4 Å². The predicted octanol–water partition coefficient (Wildman–Crippen LogP) is 3.10. The lowest BCUT2D eigenvalue weighted by atomic mass is 9.98. The van der Waals surface area contributed by atoms with E-state index in [-0.39, 0.29) is 19.1 Å². The van der Waals surface area contributed by atoms with Gasteiger partial charge in [0, 0.05) is 6.07 Å². The third-order valence-corrected chi connectivity index (χ3v) is 4.56. The summed E-state index contributed by atoms with van der Waals surface area (Å²) < 4.78 is 15.7. The fourth-order valence-electron chi connectivity index (χ4n) is 3.11. The highest BCUT2D eigenvalue weighted by Gasteiger charge is 2.38. The van der Waals surface area contributed by atoms with Crippen molar-refractivity contribution in [3.8, 4) is 11.5 Å². The fourth-order valence-corrected chi connectivity index (χ4v) is 3.11. The van der Waals surface area contributed by atoms with Crippen LogP contribution in [0.3, 0.4) is 0 Å². The van der Waals surface area contributed by atoms with Gasteiger partial charge in [0.15, 0.2) is 0 Å². The number of amides is 1. The molecule has 28 heavy (non-hydrogen) atoms. The van der Waals surface area contributed by atoms with E-state index in [1.807, 2.05) is 38.1 Å². The molecule has 1 N–H and O–H groups in total. The molecule has 0 aromatic heterocycles. The zero-order chi connectivity index (χ0) is 20.3. The first-order valence-corrected chi connectivity index (χ1v) is 8.95. The summed E-state index contributed by atoms with van der Waals surface area (Å²) in [6.45, 7) is 3.97. The van der Waals surface area contributed by atoms with E-state index >= 15 is 0 Å². The van der Waals surface area contributed by atoms with Gasteiger partial charge in [-0.2, -0.15) is 0 Å². The minimum Gasteiger partial charge on any atom is -0.497 e. The molecule has 3 rings (SSSR count). The number of nitrogens with zero attached hydrogens (tertiary/aromatic N) is 1. The third kappa shape index (κ3) is 3.88. The number of carbonyl (C=O) groups excluding carboxylic acids is 2. The lowest BCUT2D eigenvalue weighted by Gasteiger charge is -2.39. The van der Waals surface area contributed by atoms with Gasteiger partial charge >= 0.3 is 5.97 Å². The maximum absolute atomic E-state index is 12.8. The van der Waals surface area contributed by atoms with E-state index in [2.05, 4.69) is 5.32 Å². The SMILES string of the molecule is COc1cc(OC)cc(C(=O)OCCN2C(=O)C(C)(C)Nc3ccccc32)c1. The predicted molar refractivity (Wildman–Crippen MR) is 106 cm³/mol. The summed E-state index contributed by atoms with van der Waals surface area (Å²) in [5.74, 6) is 0.413. The van der Waals surface area contributed by atoms with Crippen molar-refractivity contribution in [3.63, 3.8) is 0 Å². The van der Waals surface area contributed by atoms with Gasteiger partial charge in [-0.25, -0.2) is 4.79 Å². The minimum absolute atomic E-state index is 0.0640. The fraction of sp³-hybridized carbons (Fsp3) is 0.333. The Labute approximate surface area is 164 Å². The summed E-state index contributed by atoms with van der Waals surface area (Å²) in [6, 6.07) is 12.4. The van der Waals surface area contributed by atoms with Crippen LogP contribution < -0.4 is 19.7 Å². The van der Waals surface area contributed by atoms with Crippen LogP contribution in [0.2, 0.25) is 0 Å². The van der Waals surface area contributed by atoms with E-state index in [0.717, 1.165) is 11.4 Å². The number of methoxy groups -OCH3 is 2. The molecular formula is C21H24N2O5. The number of fused-ring (bicyclic) bond motifs is 1. The standard InChI is InChI=1S/C21H24N2O5/c1-21(2)20(25)23(18-8-6-5-7-17(18)22-21)9-10-28-19(24)14-11-15(26-3)13-16(12-14)27-4/h5-8,11-13,22H,9-10H2,1-4H3. The maximum atomic E-state index is 12.8. The molecule has 1 aliphatic heterocycles. The van der Waals surface area contributed by atoms with Gasteiger partial charge in [0.25, 0.3) is 5.91 Å². The van der Waals surface area contributed by atoms with Crippen LogP contribution in [-0.4, -0.2) is 44.8 Å². The Morgan fingerprint density at radius 2 is 1.71 bits per heavy atom. The molecule has 0 unspecified atom stereocenters. The number of rotatable bonds is 6.